The van der Waals surface area contributed by atoms with Gasteiger partial charge in [-0.25, -0.2) is 0 Å². The second-order valence-electron chi connectivity index (χ2n) is 6.74. The molecule has 0 aliphatic heterocycles. The lowest BCUT2D eigenvalue weighted by molar-refractivity contribution is -0.394. The smallest absolute Gasteiger partial charge is 0.321 e. The number of nitrogens with zero attached hydrogens (tertiary/aromatic N) is 3. The fourth-order valence-corrected chi connectivity index (χ4v) is 3.53. The van der Waals surface area contributed by atoms with Crippen LogP contribution in [0.15, 0.2) is 35.0 Å². The molecule has 2 unspecified atom stereocenters. The first-order valence-electron chi connectivity index (χ1n) is 7.64. The predicted molar refractivity (Wildman–Crippen MR) is 86.9 cm³/mol. The van der Waals surface area contributed by atoms with Gasteiger partial charge >= 0.3 is 5.69 Å². The van der Waals surface area contributed by atoms with E-state index in [1.54, 1.807) is 6.21 Å². The largest absolute Gasteiger partial charge is 0.350 e. The number of fused-ring (bicyclic) bond motifs is 1. The van der Waals surface area contributed by atoms with Crippen LogP contribution in [0.1, 0.15) is 26.7 Å². The van der Waals surface area contributed by atoms with Crippen molar-refractivity contribution in [3.05, 3.63) is 50.1 Å². The van der Waals surface area contributed by atoms with Gasteiger partial charge in [0.25, 0.3) is 5.69 Å². The molecule has 24 heavy (non-hydrogen) atoms. The topological polar surface area (TPSA) is 108 Å². The van der Waals surface area contributed by atoms with Crippen LogP contribution >= 0.6 is 0 Å². The first kappa shape index (κ1) is 16.1. The summed E-state index contributed by atoms with van der Waals surface area (Å²) in [7, 11) is 0. The number of hydrogen-bond donors (Lipinski definition) is 0. The van der Waals surface area contributed by atoms with Gasteiger partial charge in [0, 0.05) is 6.07 Å². The summed E-state index contributed by atoms with van der Waals surface area (Å²) in [5.74, 6) is 1.01. The highest BCUT2D eigenvalue weighted by molar-refractivity contribution is 5.80. The van der Waals surface area contributed by atoms with E-state index in [1.165, 1.54) is 6.07 Å². The average molecular weight is 331 g/mol. The van der Waals surface area contributed by atoms with Crippen LogP contribution < -0.4 is 4.84 Å². The Morgan fingerprint density at radius 3 is 2.62 bits per heavy atom. The zero-order valence-electron chi connectivity index (χ0n) is 13.3. The monoisotopic (exact) mass is 331 g/mol. The molecule has 8 nitrogen and oxygen atoms in total. The molecule has 1 saturated carbocycles. The van der Waals surface area contributed by atoms with Crippen molar-refractivity contribution in [1.29, 1.82) is 0 Å². The number of oxime groups is 1. The number of benzene rings is 1. The lowest BCUT2D eigenvalue weighted by atomic mass is 9.49. The quantitative estimate of drug-likeness (QED) is 0.462. The third-order valence-corrected chi connectivity index (χ3v) is 5.21. The summed E-state index contributed by atoms with van der Waals surface area (Å²) in [6.45, 7) is 4.46. The van der Waals surface area contributed by atoms with Gasteiger partial charge in [-0.1, -0.05) is 25.1 Å². The standard InChI is InChI=1S/C16H17N3O5/c1-16(2)11-4-3-10(13(16)7-11)9-17-24-15-6-5-12(18(20)21)8-14(15)19(22)23/h3,5-6,8-9,11,13H,4,7H2,1-2H3/b17-9+. The van der Waals surface area contributed by atoms with Gasteiger partial charge in [-0.05, 0) is 41.7 Å². The van der Waals surface area contributed by atoms with Gasteiger partial charge in [0.1, 0.15) is 0 Å². The minimum Gasteiger partial charge on any atom is -0.350 e. The van der Waals surface area contributed by atoms with Crippen molar-refractivity contribution < 1.29 is 14.7 Å². The van der Waals surface area contributed by atoms with Gasteiger partial charge in [-0.15, -0.1) is 0 Å². The zero-order valence-corrected chi connectivity index (χ0v) is 13.3. The fraction of sp³-hybridized carbons (Fsp3) is 0.438. The first-order chi connectivity index (χ1) is 11.3. The van der Waals surface area contributed by atoms with E-state index in [9.17, 15) is 20.2 Å². The molecule has 0 spiro atoms. The van der Waals surface area contributed by atoms with Crippen molar-refractivity contribution >= 4 is 17.6 Å². The number of non-ortho nitro benzene ring substituents is 1. The van der Waals surface area contributed by atoms with Crippen molar-refractivity contribution in [3.63, 3.8) is 0 Å². The average Bonchev–Trinajstić information content (AvgIpc) is 2.54. The maximum atomic E-state index is 11.0. The maximum Gasteiger partial charge on any atom is 0.321 e. The van der Waals surface area contributed by atoms with Gasteiger partial charge in [0.2, 0.25) is 5.75 Å². The summed E-state index contributed by atoms with van der Waals surface area (Å²) in [5.41, 5.74) is 0.473. The van der Waals surface area contributed by atoms with E-state index in [0.717, 1.165) is 30.5 Å². The lowest BCUT2D eigenvalue weighted by Gasteiger charge is -2.55. The number of rotatable bonds is 5. The molecule has 0 aromatic heterocycles. The highest BCUT2D eigenvalue weighted by Crippen LogP contribution is 2.58. The summed E-state index contributed by atoms with van der Waals surface area (Å²) in [6, 6.07) is 3.20. The molecule has 3 aliphatic rings. The maximum absolute atomic E-state index is 11.0. The van der Waals surface area contributed by atoms with Gasteiger partial charge < -0.3 is 4.84 Å². The van der Waals surface area contributed by atoms with Crippen LogP contribution in [0.3, 0.4) is 0 Å². The van der Waals surface area contributed by atoms with Crippen molar-refractivity contribution in [3.8, 4) is 5.75 Å². The molecule has 0 N–H and O–H groups in total. The van der Waals surface area contributed by atoms with Crippen LogP contribution in [0.5, 0.6) is 5.75 Å². The Kier molecular flexibility index (Phi) is 3.82. The van der Waals surface area contributed by atoms with E-state index in [4.69, 9.17) is 4.84 Å². The molecule has 1 aromatic carbocycles. The lowest BCUT2D eigenvalue weighted by Crippen LogP contribution is -2.48. The number of hydrogen-bond acceptors (Lipinski definition) is 6. The molecular weight excluding hydrogens is 314 g/mol. The van der Waals surface area contributed by atoms with Crippen LogP contribution in [0.4, 0.5) is 11.4 Å². The molecule has 3 aliphatic carbocycles. The van der Waals surface area contributed by atoms with Crippen LogP contribution in [0.2, 0.25) is 0 Å². The molecule has 1 aromatic rings. The van der Waals surface area contributed by atoms with Crippen LogP contribution in [0.25, 0.3) is 0 Å². The van der Waals surface area contributed by atoms with Gasteiger partial charge in [0.15, 0.2) is 0 Å². The molecule has 2 bridgehead atoms. The van der Waals surface area contributed by atoms with E-state index in [2.05, 4.69) is 25.1 Å². The second-order valence-corrected chi connectivity index (χ2v) is 6.74. The number of nitro benzene ring substituents is 2. The molecular formula is C16H17N3O5. The predicted octanol–water partition coefficient (Wildman–Crippen LogP) is 3.86. The second kappa shape index (κ2) is 5.70. The molecule has 0 saturated heterocycles. The molecule has 0 heterocycles. The summed E-state index contributed by atoms with van der Waals surface area (Å²) in [4.78, 5) is 25.5. The summed E-state index contributed by atoms with van der Waals surface area (Å²) in [5, 5.41) is 25.6. The summed E-state index contributed by atoms with van der Waals surface area (Å²) < 4.78 is 0. The molecule has 0 amide bonds. The molecule has 126 valence electrons. The molecule has 0 radical (unpaired) electrons. The van der Waals surface area contributed by atoms with E-state index in [1.807, 2.05) is 0 Å². The van der Waals surface area contributed by atoms with E-state index in [0.29, 0.717) is 11.8 Å². The van der Waals surface area contributed by atoms with Crippen LogP contribution in [-0.2, 0) is 0 Å². The highest BCUT2D eigenvalue weighted by atomic mass is 16.7. The van der Waals surface area contributed by atoms with Crippen molar-refractivity contribution in [2.75, 3.05) is 0 Å². The van der Waals surface area contributed by atoms with E-state index >= 15 is 0 Å². The third-order valence-electron chi connectivity index (χ3n) is 5.21. The Hall–Kier alpha value is -2.77. The van der Waals surface area contributed by atoms with Gasteiger partial charge in [-0.2, -0.15) is 0 Å². The number of nitro groups is 2. The van der Waals surface area contributed by atoms with Crippen molar-refractivity contribution in [2.45, 2.75) is 26.7 Å². The normalized spacial score (nSPS) is 24.2. The summed E-state index contributed by atoms with van der Waals surface area (Å²) >= 11 is 0. The highest BCUT2D eigenvalue weighted by Gasteiger charge is 2.50. The minimum absolute atomic E-state index is 0.121. The van der Waals surface area contributed by atoms with E-state index in [-0.39, 0.29) is 16.9 Å². The van der Waals surface area contributed by atoms with Gasteiger partial charge in [-0.3, -0.25) is 20.2 Å². The Morgan fingerprint density at radius 1 is 1.29 bits per heavy atom. The Balaban J connectivity index is 1.76. The fourth-order valence-electron chi connectivity index (χ4n) is 3.53. The van der Waals surface area contributed by atoms with Crippen molar-refractivity contribution in [2.24, 2.45) is 22.4 Å². The Bertz CT molecular complexity index is 769. The molecule has 1 fully saturated rings. The van der Waals surface area contributed by atoms with Crippen molar-refractivity contribution in [1.82, 2.24) is 0 Å². The number of allylic oxidation sites excluding steroid dienone is 2. The molecule has 4 rings (SSSR count). The van der Waals surface area contributed by atoms with Gasteiger partial charge in [0.05, 0.1) is 22.1 Å². The zero-order chi connectivity index (χ0) is 17.5. The SMILES string of the molecule is CC1(C)C2CC=C(/C=N/Oc3ccc([N+](=O)[O-])cc3[N+](=O)[O-])C1C2. The Labute approximate surface area is 138 Å². The van der Waals surface area contributed by atoms with E-state index < -0.39 is 15.5 Å². The minimum atomic E-state index is -0.725. The summed E-state index contributed by atoms with van der Waals surface area (Å²) in [6.07, 6.45) is 5.85. The molecule has 2 atom stereocenters. The molecule has 8 heteroatoms. The third kappa shape index (κ3) is 2.64. The Morgan fingerprint density at radius 2 is 2.04 bits per heavy atom. The van der Waals surface area contributed by atoms with Crippen LogP contribution in [-0.4, -0.2) is 16.1 Å². The van der Waals surface area contributed by atoms with Crippen LogP contribution in [0, 0.1) is 37.5 Å². The first-order valence-corrected chi connectivity index (χ1v) is 7.64.